The second kappa shape index (κ2) is 8.44. The Morgan fingerprint density at radius 3 is 2.81 bits per heavy atom. The summed E-state index contributed by atoms with van der Waals surface area (Å²) in [4.78, 5) is 33.4. The molecule has 140 valence electrons. The summed E-state index contributed by atoms with van der Waals surface area (Å²) in [7, 11) is 0. The Morgan fingerprint density at radius 2 is 2.08 bits per heavy atom. The van der Waals surface area contributed by atoms with Crippen LogP contribution in [0.25, 0.3) is 0 Å². The summed E-state index contributed by atoms with van der Waals surface area (Å²) in [6.45, 7) is 7.57. The minimum Gasteiger partial charge on any atom is -0.346 e. The predicted molar refractivity (Wildman–Crippen MR) is 103 cm³/mol. The van der Waals surface area contributed by atoms with Crippen LogP contribution in [0.5, 0.6) is 0 Å². The maximum atomic E-state index is 12.9. The average molecular weight is 375 g/mol. The first kappa shape index (κ1) is 18.6. The van der Waals surface area contributed by atoms with Crippen molar-refractivity contribution in [2.75, 3.05) is 31.1 Å². The van der Waals surface area contributed by atoms with E-state index in [4.69, 9.17) is 0 Å². The molecule has 1 amide bonds. The van der Waals surface area contributed by atoms with Crippen molar-refractivity contribution in [2.45, 2.75) is 39.7 Å². The average Bonchev–Trinajstić information content (AvgIpc) is 2.92. The van der Waals surface area contributed by atoms with Crippen molar-refractivity contribution in [3.63, 3.8) is 0 Å². The van der Waals surface area contributed by atoms with Gasteiger partial charge in [0.15, 0.2) is 5.13 Å². The van der Waals surface area contributed by atoms with Crippen molar-refractivity contribution >= 4 is 22.4 Å². The van der Waals surface area contributed by atoms with Gasteiger partial charge in [-0.1, -0.05) is 13.3 Å². The van der Waals surface area contributed by atoms with Gasteiger partial charge in [-0.2, -0.15) is 5.10 Å². The maximum Gasteiger partial charge on any atom is 0.274 e. The zero-order chi connectivity index (χ0) is 18.5. The van der Waals surface area contributed by atoms with Crippen molar-refractivity contribution in [2.24, 2.45) is 0 Å². The highest BCUT2D eigenvalue weighted by atomic mass is 32.1. The molecule has 1 aliphatic heterocycles. The fraction of sp³-hybridized carbons (Fsp3) is 0.556. The number of amides is 1. The van der Waals surface area contributed by atoms with Crippen molar-refractivity contribution in [1.29, 1.82) is 0 Å². The number of nitrogens with zero attached hydrogens (tertiary/aromatic N) is 5. The molecule has 7 nitrogen and oxygen atoms in total. The van der Waals surface area contributed by atoms with E-state index in [0.29, 0.717) is 25.3 Å². The number of anilines is 1. The Kier molecular flexibility index (Phi) is 6.03. The molecule has 1 fully saturated rings. The van der Waals surface area contributed by atoms with Crippen LogP contribution in [0.15, 0.2) is 22.3 Å². The predicted octanol–water partition coefficient (Wildman–Crippen LogP) is 2.16. The van der Waals surface area contributed by atoms with Gasteiger partial charge in [-0.05, 0) is 25.8 Å². The zero-order valence-electron chi connectivity index (χ0n) is 15.3. The van der Waals surface area contributed by atoms with Crippen LogP contribution in [0, 0.1) is 6.92 Å². The number of hydrogen-bond acceptors (Lipinski definition) is 6. The Hall–Kier alpha value is -2.22. The summed E-state index contributed by atoms with van der Waals surface area (Å²) in [5, 5.41) is 7.35. The molecule has 3 heterocycles. The monoisotopic (exact) mass is 375 g/mol. The van der Waals surface area contributed by atoms with E-state index >= 15 is 0 Å². The molecule has 0 aromatic carbocycles. The number of aromatic nitrogens is 3. The largest absolute Gasteiger partial charge is 0.346 e. The quantitative estimate of drug-likeness (QED) is 0.801. The first-order valence-corrected chi connectivity index (χ1v) is 10.0. The fourth-order valence-corrected chi connectivity index (χ4v) is 3.85. The molecule has 0 bridgehead atoms. The highest BCUT2D eigenvalue weighted by Crippen LogP contribution is 2.21. The van der Waals surface area contributed by atoms with Gasteiger partial charge in [-0.25, -0.2) is 9.67 Å². The van der Waals surface area contributed by atoms with E-state index in [1.165, 1.54) is 10.7 Å². The van der Waals surface area contributed by atoms with E-state index in [9.17, 15) is 9.59 Å². The number of aryl methyl sites for hydroxylation is 2. The smallest absolute Gasteiger partial charge is 0.274 e. The number of unbranched alkanes of at least 4 members (excludes halogenated alkanes) is 1. The molecule has 2 aromatic rings. The maximum absolute atomic E-state index is 12.9. The van der Waals surface area contributed by atoms with Crippen LogP contribution in [-0.2, 0) is 6.54 Å². The lowest BCUT2D eigenvalue weighted by atomic mass is 10.3. The van der Waals surface area contributed by atoms with Gasteiger partial charge in [0.25, 0.3) is 11.5 Å². The van der Waals surface area contributed by atoms with Crippen molar-refractivity contribution in [3.05, 3.63) is 39.3 Å². The van der Waals surface area contributed by atoms with Crippen LogP contribution in [0.2, 0.25) is 0 Å². The minimum atomic E-state index is -0.156. The normalized spacial score (nSPS) is 15.2. The minimum absolute atomic E-state index is 0.104. The van der Waals surface area contributed by atoms with E-state index < -0.39 is 0 Å². The SMILES string of the molecule is CCCCn1nc(C(=O)N2CCCN(c3nc(C)cs3)CC2)ccc1=O. The molecule has 0 unspecified atom stereocenters. The molecular weight excluding hydrogens is 350 g/mol. The van der Waals surface area contributed by atoms with Gasteiger partial charge in [-0.15, -0.1) is 11.3 Å². The Labute approximate surface area is 157 Å². The van der Waals surface area contributed by atoms with E-state index in [2.05, 4.69) is 21.9 Å². The third-order valence-corrected chi connectivity index (χ3v) is 5.49. The topological polar surface area (TPSA) is 71.3 Å². The first-order chi connectivity index (χ1) is 12.6. The molecule has 0 saturated carbocycles. The van der Waals surface area contributed by atoms with Gasteiger partial charge in [0.2, 0.25) is 0 Å². The summed E-state index contributed by atoms with van der Waals surface area (Å²) < 4.78 is 1.40. The molecule has 0 radical (unpaired) electrons. The van der Waals surface area contributed by atoms with Gasteiger partial charge in [0.1, 0.15) is 5.69 Å². The van der Waals surface area contributed by atoms with Crippen LogP contribution in [0.3, 0.4) is 0 Å². The summed E-state index contributed by atoms with van der Waals surface area (Å²) in [5.74, 6) is -0.104. The van der Waals surface area contributed by atoms with E-state index in [0.717, 1.165) is 43.2 Å². The van der Waals surface area contributed by atoms with Crippen LogP contribution >= 0.6 is 11.3 Å². The number of thiazole rings is 1. The van der Waals surface area contributed by atoms with E-state index in [1.807, 2.05) is 17.2 Å². The number of carbonyl (C=O) groups is 1. The van der Waals surface area contributed by atoms with Crippen molar-refractivity contribution < 1.29 is 4.79 Å². The third-order valence-electron chi connectivity index (χ3n) is 4.47. The van der Waals surface area contributed by atoms with Gasteiger partial charge >= 0.3 is 0 Å². The van der Waals surface area contributed by atoms with Gasteiger partial charge in [-0.3, -0.25) is 9.59 Å². The highest BCUT2D eigenvalue weighted by molar-refractivity contribution is 7.13. The van der Waals surface area contributed by atoms with Gasteiger partial charge in [0.05, 0.1) is 5.69 Å². The molecule has 0 N–H and O–H groups in total. The number of hydrogen-bond donors (Lipinski definition) is 0. The molecule has 26 heavy (non-hydrogen) atoms. The van der Waals surface area contributed by atoms with E-state index in [1.54, 1.807) is 17.4 Å². The summed E-state index contributed by atoms with van der Waals surface area (Å²) in [6.07, 6.45) is 2.74. The first-order valence-electron chi connectivity index (χ1n) is 9.13. The Bertz CT molecular complexity index is 816. The standard InChI is InChI=1S/C18H25N5O2S/c1-3-4-10-23-16(24)7-6-15(20-23)17(25)21-8-5-9-22(12-11-21)18-19-14(2)13-26-18/h6-7,13H,3-5,8-12H2,1-2H3. The van der Waals surface area contributed by atoms with Crippen LogP contribution < -0.4 is 10.5 Å². The lowest BCUT2D eigenvalue weighted by Crippen LogP contribution is -2.37. The van der Waals surface area contributed by atoms with Crippen molar-refractivity contribution in [3.8, 4) is 0 Å². The van der Waals surface area contributed by atoms with Crippen LogP contribution in [-0.4, -0.2) is 51.8 Å². The number of carbonyl (C=O) groups excluding carboxylic acids is 1. The van der Waals surface area contributed by atoms with Gasteiger partial charge < -0.3 is 9.80 Å². The summed E-state index contributed by atoms with van der Waals surface area (Å²) >= 11 is 1.64. The molecular formula is C18H25N5O2S. The molecule has 8 heteroatoms. The summed E-state index contributed by atoms with van der Waals surface area (Å²) in [5.41, 5.74) is 1.22. The highest BCUT2D eigenvalue weighted by Gasteiger charge is 2.23. The second-order valence-corrected chi connectivity index (χ2v) is 7.37. The number of rotatable bonds is 5. The molecule has 2 aromatic heterocycles. The Morgan fingerprint density at radius 1 is 1.23 bits per heavy atom. The third kappa shape index (κ3) is 4.30. The summed E-state index contributed by atoms with van der Waals surface area (Å²) in [6, 6.07) is 2.98. The van der Waals surface area contributed by atoms with Crippen LogP contribution in [0.4, 0.5) is 5.13 Å². The molecule has 0 aliphatic carbocycles. The lowest BCUT2D eigenvalue weighted by Gasteiger charge is -2.21. The van der Waals surface area contributed by atoms with Crippen molar-refractivity contribution in [1.82, 2.24) is 19.7 Å². The van der Waals surface area contributed by atoms with E-state index in [-0.39, 0.29) is 11.5 Å². The molecule has 0 atom stereocenters. The lowest BCUT2D eigenvalue weighted by molar-refractivity contribution is 0.0758. The molecule has 3 rings (SSSR count). The molecule has 1 saturated heterocycles. The molecule has 0 spiro atoms. The second-order valence-electron chi connectivity index (χ2n) is 6.54. The van der Waals surface area contributed by atoms with Gasteiger partial charge in [0, 0.05) is 44.2 Å². The fourth-order valence-electron chi connectivity index (χ4n) is 2.99. The van der Waals surface area contributed by atoms with Crippen LogP contribution in [0.1, 0.15) is 42.4 Å². The Balaban J connectivity index is 1.69. The molecule has 1 aliphatic rings. The zero-order valence-corrected chi connectivity index (χ0v) is 16.2.